The number of nitrogens with zero attached hydrogens (tertiary/aromatic N) is 1. The van der Waals surface area contributed by atoms with Crippen molar-refractivity contribution in [1.29, 1.82) is 0 Å². The fourth-order valence-corrected chi connectivity index (χ4v) is 7.11. The number of aromatic nitrogens is 2. The predicted molar refractivity (Wildman–Crippen MR) is 257 cm³/mol. The first-order chi connectivity index (χ1) is 32.9. The van der Waals surface area contributed by atoms with E-state index >= 15 is 0 Å². The highest BCUT2D eigenvalue weighted by Crippen LogP contribution is 2.13. The van der Waals surface area contributed by atoms with Crippen LogP contribution in [-0.2, 0) is 59.2 Å². The Hall–Kier alpha value is -6.31. The molecule has 394 valence electrons. The molecule has 0 aliphatic rings. The van der Waals surface area contributed by atoms with Crippen molar-refractivity contribution in [3.05, 3.63) is 18.2 Å². The smallest absolute Gasteiger partial charge is 0.322 e. The number of unbranched alkanes of at least 4 members (excludes halogenated alkanes) is 1. The number of aromatic amines is 1. The topological polar surface area (TPSA) is 391 Å². The number of hydrogen-bond donors (Lipinski definition) is 14. The Morgan fingerprint density at radius 3 is 1.46 bits per heavy atom. The van der Waals surface area contributed by atoms with E-state index in [1.165, 1.54) is 19.4 Å². The standard InChI is InChI=1S/C44H74N12O13S/c1-23(2)14-30(51-35(58)19-47-39(64)34(21-70)50-26(7)57)41(66)56-33(17-27-18-46-22-49-27)44(69)53-29(11-12-36(59)60)40(65)54-32(16-25(5)6)43(68)55-31(15-24(3)4)42(67)52-28(10-8-9-13-45)38(63)48-20-37(61)62/h18,22-25,28-34,70H,8-17,19-21,45H2,1-7H3,(H,46,49)(H,47,64)(H,48,63)(H,50,57)(H,51,58)(H,52,67)(H,53,69)(H,54,65)(H,55,68)(H,56,66)(H,59,60)(H,61,62)/t28-,29-,30-,31-,32-,33-,34+/m0/s1. The van der Waals surface area contributed by atoms with Crippen LogP contribution in [-0.4, -0.2) is 153 Å². The van der Waals surface area contributed by atoms with Crippen LogP contribution >= 0.6 is 12.6 Å². The summed E-state index contributed by atoms with van der Waals surface area (Å²) in [5.41, 5.74) is 5.97. The molecule has 1 rings (SSSR count). The van der Waals surface area contributed by atoms with E-state index in [0.29, 0.717) is 25.1 Å². The summed E-state index contributed by atoms with van der Waals surface area (Å²) in [7, 11) is 0. The highest BCUT2D eigenvalue weighted by molar-refractivity contribution is 7.80. The van der Waals surface area contributed by atoms with Crippen LogP contribution in [0.5, 0.6) is 0 Å². The zero-order chi connectivity index (χ0) is 53.1. The Morgan fingerprint density at radius 1 is 0.571 bits per heavy atom. The van der Waals surface area contributed by atoms with Crippen molar-refractivity contribution in [2.45, 2.75) is 149 Å². The summed E-state index contributed by atoms with van der Waals surface area (Å²) in [6.07, 6.45) is 2.65. The number of thiol groups is 1. The molecule has 0 saturated heterocycles. The molecule has 0 unspecified atom stereocenters. The van der Waals surface area contributed by atoms with Gasteiger partial charge in [0.1, 0.15) is 48.8 Å². The summed E-state index contributed by atoms with van der Waals surface area (Å²) in [4.78, 5) is 150. The number of nitrogens with two attached hydrogens (primary N) is 1. The quantitative estimate of drug-likeness (QED) is 0.0256. The minimum Gasteiger partial charge on any atom is -0.481 e. The third-order valence-electron chi connectivity index (χ3n) is 10.2. The van der Waals surface area contributed by atoms with E-state index in [2.05, 4.69) is 70.4 Å². The van der Waals surface area contributed by atoms with Crippen LogP contribution in [0.3, 0.4) is 0 Å². The number of amides is 9. The molecule has 0 aliphatic carbocycles. The summed E-state index contributed by atoms with van der Waals surface area (Å²) in [6.45, 7) is 10.9. The first-order valence-electron chi connectivity index (χ1n) is 23.2. The van der Waals surface area contributed by atoms with Crippen LogP contribution in [0.1, 0.15) is 106 Å². The number of carbonyl (C=O) groups excluding carboxylic acids is 9. The second-order valence-corrected chi connectivity index (χ2v) is 18.4. The first kappa shape index (κ1) is 61.7. The lowest BCUT2D eigenvalue weighted by molar-refractivity contribution is -0.139. The zero-order valence-corrected chi connectivity index (χ0v) is 41.9. The molecule has 1 heterocycles. The lowest BCUT2D eigenvalue weighted by Crippen LogP contribution is -2.60. The monoisotopic (exact) mass is 1010 g/mol. The molecule has 25 nitrogen and oxygen atoms in total. The molecular formula is C44H74N12O13S. The van der Waals surface area contributed by atoms with Gasteiger partial charge in [-0.3, -0.25) is 52.7 Å². The molecule has 1 aromatic rings. The van der Waals surface area contributed by atoms with Crippen molar-refractivity contribution >= 4 is 77.7 Å². The molecule has 0 fully saturated rings. The second kappa shape index (κ2) is 32.5. The van der Waals surface area contributed by atoms with E-state index in [-0.39, 0.29) is 55.6 Å². The van der Waals surface area contributed by atoms with E-state index in [4.69, 9.17) is 10.8 Å². The molecular weight excluding hydrogens is 937 g/mol. The van der Waals surface area contributed by atoms with Crippen molar-refractivity contribution in [2.24, 2.45) is 23.5 Å². The van der Waals surface area contributed by atoms with Crippen LogP contribution < -0.4 is 53.6 Å². The van der Waals surface area contributed by atoms with Crippen molar-refractivity contribution in [2.75, 3.05) is 25.4 Å². The number of carbonyl (C=O) groups is 11. The molecule has 0 radical (unpaired) electrons. The lowest BCUT2D eigenvalue weighted by atomic mass is 9.99. The number of imidazole rings is 1. The van der Waals surface area contributed by atoms with Gasteiger partial charge in [0.15, 0.2) is 0 Å². The van der Waals surface area contributed by atoms with Gasteiger partial charge in [-0.05, 0) is 69.2 Å². The number of rotatable bonds is 34. The number of carboxylic acid groups (broad SMARTS) is 2. The van der Waals surface area contributed by atoms with Gasteiger partial charge in [0, 0.05) is 37.4 Å². The van der Waals surface area contributed by atoms with Gasteiger partial charge in [-0.1, -0.05) is 41.5 Å². The molecule has 1 aromatic heterocycles. The summed E-state index contributed by atoms with van der Waals surface area (Å²) < 4.78 is 0. The summed E-state index contributed by atoms with van der Waals surface area (Å²) in [5.74, 6) is -10.2. The minimum atomic E-state index is -1.59. The van der Waals surface area contributed by atoms with Gasteiger partial charge >= 0.3 is 11.9 Å². The molecule has 70 heavy (non-hydrogen) atoms. The Kier molecular flexibility index (Phi) is 28.6. The summed E-state index contributed by atoms with van der Waals surface area (Å²) in [5, 5.41) is 41.2. The Morgan fingerprint density at radius 2 is 1.01 bits per heavy atom. The maximum atomic E-state index is 14.1. The third kappa shape index (κ3) is 25.3. The van der Waals surface area contributed by atoms with Crippen molar-refractivity contribution in [3.63, 3.8) is 0 Å². The van der Waals surface area contributed by atoms with Crippen LogP contribution in [0, 0.1) is 17.8 Å². The normalized spacial score (nSPS) is 14.1. The van der Waals surface area contributed by atoms with Crippen LogP contribution in [0.15, 0.2) is 12.5 Å². The number of hydrogen-bond acceptors (Lipinski definition) is 14. The Labute approximate surface area is 413 Å². The largest absolute Gasteiger partial charge is 0.481 e. The highest BCUT2D eigenvalue weighted by Gasteiger charge is 2.35. The fraction of sp³-hybridized carbons (Fsp3) is 0.682. The molecule has 0 bridgehead atoms. The molecule has 0 saturated carbocycles. The molecule has 0 aliphatic heterocycles. The van der Waals surface area contributed by atoms with Crippen molar-refractivity contribution < 1.29 is 63.0 Å². The van der Waals surface area contributed by atoms with Crippen LogP contribution in [0.25, 0.3) is 0 Å². The highest BCUT2D eigenvalue weighted by atomic mass is 32.1. The van der Waals surface area contributed by atoms with Gasteiger partial charge in [-0.15, -0.1) is 0 Å². The first-order valence-corrected chi connectivity index (χ1v) is 23.9. The molecule has 14 N–H and O–H groups in total. The van der Waals surface area contributed by atoms with E-state index in [9.17, 15) is 57.8 Å². The average molecular weight is 1010 g/mol. The van der Waals surface area contributed by atoms with Gasteiger partial charge < -0.3 is 68.8 Å². The number of H-pyrrole nitrogens is 1. The molecule has 9 amide bonds. The minimum absolute atomic E-state index is 0.0166. The predicted octanol–water partition coefficient (Wildman–Crippen LogP) is -2.26. The van der Waals surface area contributed by atoms with Crippen LogP contribution in [0.4, 0.5) is 0 Å². The lowest BCUT2D eigenvalue weighted by Gasteiger charge is -2.28. The zero-order valence-electron chi connectivity index (χ0n) is 41.0. The summed E-state index contributed by atoms with van der Waals surface area (Å²) in [6, 6.07) is -9.05. The molecule has 7 atom stereocenters. The second-order valence-electron chi connectivity index (χ2n) is 18.1. The Bertz CT molecular complexity index is 1920. The van der Waals surface area contributed by atoms with Crippen molar-refractivity contribution in [3.8, 4) is 0 Å². The fourth-order valence-electron chi connectivity index (χ4n) is 6.86. The average Bonchev–Trinajstić information content (AvgIpc) is 3.79. The molecule has 0 aromatic carbocycles. The number of carboxylic acids is 2. The van der Waals surface area contributed by atoms with E-state index in [1.807, 2.05) is 0 Å². The van der Waals surface area contributed by atoms with Crippen LogP contribution in [0.2, 0.25) is 0 Å². The van der Waals surface area contributed by atoms with Gasteiger partial charge in [-0.2, -0.15) is 12.6 Å². The maximum absolute atomic E-state index is 14.1. The van der Waals surface area contributed by atoms with E-state index in [1.54, 1.807) is 41.5 Å². The maximum Gasteiger partial charge on any atom is 0.322 e. The Balaban J connectivity index is 3.44. The third-order valence-corrected chi connectivity index (χ3v) is 10.6. The van der Waals surface area contributed by atoms with E-state index in [0.717, 1.165) is 0 Å². The SMILES string of the molecule is CC(=O)N[C@H](CS)C(=O)NCC(=O)N[C@@H](CC(C)C)C(=O)N[C@@H](Cc1cnc[nH]1)C(=O)N[C@@H](CCC(=O)O)C(=O)N[C@@H](CC(C)C)C(=O)N[C@@H](CC(C)C)C(=O)N[C@@H](CCCCN)C(=O)NCC(=O)O. The van der Waals surface area contributed by atoms with Gasteiger partial charge in [-0.25, -0.2) is 4.98 Å². The molecule has 0 spiro atoms. The summed E-state index contributed by atoms with van der Waals surface area (Å²) >= 11 is 4.05. The van der Waals surface area contributed by atoms with Gasteiger partial charge in [0.2, 0.25) is 53.2 Å². The van der Waals surface area contributed by atoms with Gasteiger partial charge in [0.25, 0.3) is 0 Å². The van der Waals surface area contributed by atoms with Gasteiger partial charge in [0.05, 0.1) is 12.9 Å². The molecule has 26 heteroatoms. The van der Waals surface area contributed by atoms with Crippen molar-refractivity contribution in [1.82, 2.24) is 57.8 Å². The van der Waals surface area contributed by atoms with E-state index < -0.39 is 133 Å². The number of aliphatic carboxylic acids is 2. The number of nitrogens with one attached hydrogen (secondary N) is 10.